The quantitative estimate of drug-likeness (QED) is 0.733. The molecule has 1 aromatic rings. The highest BCUT2D eigenvalue weighted by atomic mass is 79.9. The molecule has 3 heteroatoms. The molecule has 0 saturated heterocycles. The lowest BCUT2D eigenvalue weighted by molar-refractivity contribution is 1.13. The maximum atomic E-state index is 8.68. The van der Waals surface area contributed by atoms with Gasteiger partial charge >= 0.3 is 0 Å². The van der Waals surface area contributed by atoms with Crippen LogP contribution >= 0.6 is 15.9 Å². The predicted octanol–water partition coefficient (Wildman–Crippen LogP) is 2.39. The van der Waals surface area contributed by atoms with Gasteiger partial charge in [-0.1, -0.05) is 15.9 Å². The van der Waals surface area contributed by atoms with Crippen molar-refractivity contribution >= 4 is 21.6 Å². The topological polar surface area (TPSA) is 27.0 Å². The summed E-state index contributed by atoms with van der Waals surface area (Å²) in [6.45, 7) is 0. The van der Waals surface area contributed by atoms with Crippen LogP contribution in [-0.2, 0) is 0 Å². The van der Waals surface area contributed by atoms with Crippen LogP contribution in [0.5, 0.6) is 0 Å². The van der Waals surface area contributed by atoms with Crippen LogP contribution in [0.25, 0.3) is 0 Å². The smallest absolute Gasteiger partial charge is 0.0992 e. The Hall–Kier alpha value is -1.01. The summed E-state index contributed by atoms with van der Waals surface area (Å²) in [6, 6.07) is 7.73. The van der Waals surface area contributed by atoms with Crippen LogP contribution in [0.1, 0.15) is 5.56 Å². The van der Waals surface area contributed by atoms with Crippen molar-refractivity contribution in [2.24, 2.45) is 0 Å². The van der Waals surface area contributed by atoms with Crippen molar-refractivity contribution in [3.8, 4) is 6.07 Å². The average Bonchev–Trinajstić information content (AvgIpc) is 2.03. The Morgan fingerprint density at radius 3 is 2.50 bits per heavy atom. The molecule has 62 valence electrons. The van der Waals surface area contributed by atoms with Crippen molar-refractivity contribution in [3.05, 3.63) is 28.2 Å². The zero-order valence-electron chi connectivity index (χ0n) is 7.00. The SMILES string of the molecule is CN(C)c1cc(Br)cc(C#N)c1. The molecule has 12 heavy (non-hydrogen) atoms. The number of hydrogen-bond acceptors (Lipinski definition) is 2. The number of hydrogen-bond donors (Lipinski definition) is 0. The highest BCUT2D eigenvalue weighted by Gasteiger charge is 1.99. The van der Waals surface area contributed by atoms with E-state index in [1.807, 2.05) is 31.1 Å². The standard InChI is InChI=1S/C9H9BrN2/c1-12(2)9-4-7(6-11)3-8(10)5-9/h3-5H,1-2H3. The maximum absolute atomic E-state index is 8.68. The van der Waals surface area contributed by atoms with Gasteiger partial charge in [-0.25, -0.2) is 0 Å². The number of benzene rings is 1. The lowest BCUT2D eigenvalue weighted by atomic mass is 10.2. The maximum Gasteiger partial charge on any atom is 0.0992 e. The largest absolute Gasteiger partial charge is 0.378 e. The van der Waals surface area contributed by atoms with Gasteiger partial charge in [-0.2, -0.15) is 5.26 Å². The van der Waals surface area contributed by atoms with E-state index in [1.165, 1.54) is 0 Å². The first-order chi connectivity index (χ1) is 5.63. The van der Waals surface area contributed by atoms with Gasteiger partial charge in [0.2, 0.25) is 0 Å². The van der Waals surface area contributed by atoms with Gasteiger partial charge in [0.05, 0.1) is 11.6 Å². The number of nitriles is 1. The molecule has 0 bridgehead atoms. The van der Waals surface area contributed by atoms with Gasteiger partial charge in [-0.05, 0) is 18.2 Å². The Kier molecular flexibility index (Phi) is 2.72. The van der Waals surface area contributed by atoms with Crippen molar-refractivity contribution in [1.82, 2.24) is 0 Å². The summed E-state index contributed by atoms with van der Waals surface area (Å²) in [4.78, 5) is 1.96. The molecule has 0 aromatic heterocycles. The molecule has 0 fully saturated rings. The van der Waals surface area contributed by atoms with Gasteiger partial charge in [0.1, 0.15) is 0 Å². The fourth-order valence-corrected chi connectivity index (χ4v) is 1.38. The first-order valence-corrected chi connectivity index (χ1v) is 4.31. The molecule has 0 heterocycles. The first-order valence-electron chi connectivity index (χ1n) is 3.51. The Labute approximate surface area is 80.5 Å². The normalized spacial score (nSPS) is 9.17. The minimum Gasteiger partial charge on any atom is -0.378 e. The van der Waals surface area contributed by atoms with Crippen LogP contribution < -0.4 is 4.90 Å². The molecule has 0 unspecified atom stereocenters. The third kappa shape index (κ3) is 1.99. The third-order valence-corrected chi connectivity index (χ3v) is 1.99. The minimum absolute atomic E-state index is 0.674. The fraction of sp³-hybridized carbons (Fsp3) is 0.222. The third-order valence-electron chi connectivity index (χ3n) is 1.53. The second-order valence-electron chi connectivity index (χ2n) is 2.70. The number of rotatable bonds is 1. The number of halogens is 1. The molecule has 0 spiro atoms. The summed E-state index contributed by atoms with van der Waals surface area (Å²) >= 11 is 3.34. The van der Waals surface area contributed by atoms with Crippen molar-refractivity contribution in [3.63, 3.8) is 0 Å². The monoisotopic (exact) mass is 224 g/mol. The Bertz CT molecular complexity index is 326. The van der Waals surface area contributed by atoms with Crippen LogP contribution in [0.2, 0.25) is 0 Å². The summed E-state index contributed by atoms with van der Waals surface area (Å²) in [7, 11) is 3.89. The summed E-state index contributed by atoms with van der Waals surface area (Å²) in [6.07, 6.45) is 0. The van der Waals surface area contributed by atoms with E-state index in [0.717, 1.165) is 10.2 Å². The molecular formula is C9H9BrN2. The van der Waals surface area contributed by atoms with Crippen LogP contribution in [-0.4, -0.2) is 14.1 Å². The van der Waals surface area contributed by atoms with E-state index in [1.54, 1.807) is 6.07 Å². The Morgan fingerprint density at radius 2 is 2.00 bits per heavy atom. The van der Waals surface area contributed by atoms with Crippen molar-refractivity contribution in [1.29, 1.82) is 5.26 Å². The van der Waals surface area contributed by atoms with Crippen molar-refractivity contribution in [2.75, 3.05) is 19.0 Å². The first kappa shape index (κ1) is 9.08. The van der Waals surface area contributed by atoms with Gasteiger partial charge in [0.15, 0.2) is 0 Å². The van der Waals surface area contributed by atoms with E-state index in [0.29, 0.717) is 5.56 Å². The summed E-state index contributed by atoms with van der Waals surface area (Å²) in [5.41, 5.74) is 1.70. The van der Waals surface area contributed by atoms with Crippen LogP contribution in [0.3, 0.4) is 0 Å². The molecule has 1 rings (SSSR count). The van der Waals surface area contributed by atoms with E-state index in [4.69, 9.17) is 5.26 Å². The lowest BCUT2D eigenvalue weighted by Gasteiger charge is -2.12. The predicted molar refractivity (Wildman–Crippen MR) is 53.2 cm³/mol. The molecular weight excluding hydrogens is 216 g/mol. The van der Waals surface area contributed by atoms with Crippen LogP contribution in [0.4, 0.5) is 5.69 Å². The minimum atomic E-state index is 0.674. The van der Waals surface area contributed by atoms with Crippen molar-refractivity contribution < 1.29 is 0 Å². The van der Waals surface area contributed by atoms with Crippen molar-refractivity contribution in [2.45, 2.75) is 0 Å². The molecule has 2 nitrogen and oxygen atoms in total. The molecule has 0 radical (unpaired) electrons. The van der Waals surface area contributed by atoms with Gasteiger partial charge in [-0.15, -0.1) is 0 Å². The van der Waals surface area contributed by atoms with E-state index < -0.39 is 0 Å². The number of nitrogens with zero attached hydrogens (tertiary/aromatic N) is 2. The molecule has 0 aliphatic rings. The second kappa shape index (κ2) is 3.59. The molecule has 1 aromatic carbocycles. The summed E-state index contributed by atoms with van der Waals surface area (Å²) < 4.78 is 0.935. The van der Waals surface area contributed by atoms with Crippen LogP contribution in [0, 0.1) is 11.3 Å². The van der Waals surface area contributed by atoms with Gasteiger partial charge < -0.3 is 4.90 Å². The van der Waals surface area contributed by atoms with E-state index in [-0.39, 0.29) is 0 Å². The van der Waals surface area contributed by atoms with E-state index in [2.05, 4.69) is 22.0 Å². The Balaban J connectivity index is 3.17. The zero-order valence-corrected chi connectivity index (χ0v) is 8.59. The molecule has 0 amide bonds. The lowest BCUT2D eigenvalue weighted by Crippen LogP contribution is -2.08. The summed E-state index contributed by atoms with van der Waals surface area (Å²) in [5, 5.41) is 8.68. The van der Waals surface area contributed by atoms with E-state index >= 15 is 0 Å². The van der Waals surface area contributed by atoms with Gasteiger partial charge in [-0.3, -0.25) is 0 Å². The Morgan fingerprint density at radius 1 is 1.33 bits per heavy atom. The van der Waals surface area contributed by atoms with Crippen LogP contribution in [0.15, 0.2) is 22.7 Å². The zero-order chi connectivity index (χ0) is 9.14. The molecule has 0 saturated carbocycles. The highest BCUT2D eigenvalue weighted by Crippen LogP contribution is 2.20. The average molecular weight is 225 g/mol. The molecule has 0 atom stereocenters. The number of anilines is 1. The highest BCUT2D eigenvalue weighted by molar-refractivity contribution is 9.10. The van der Waals surface area contributed by atoms with Gasteiger partial charge in [0, 0.05) is 24.3 Å². The fourth-order valence-electron chi connectivity index (χ4n) is 0.897. The van der Waals surface area contributed by atoms with Gasteiger partial charge in [0.25, 0.3) is 0 Å². The second-order valence-corrected chi connectivity index (χ2v) is 3.62. The molecule has 0 aliphatic heterocycles. The van der Waals surface area contributed by atoms with E-state index in [9.17, 15) is 0 Å². The summed E-state index contributed by atoms with van der Waals surface area (Å²) in [5.74, 6) is 0. The molecule has 0 N–H and O–H groups in total. The molecule has 0 aliphatic carbocycles.